The van der Waals surface area contributed by atoms with Crippen molar-refractivity contribution in [1.29, 1.82) is 0 Å². The molecule has 0 spiro atoms. The number of thioether (sulfide) groups is 1. The highest BCUT2D eigenvalue weighted by molar-refractivity contribution is 7.98. The molecule has 0 unspecified atom stereocenters. The number of amides is 2. The standard InChI is InChI=1S/C17H25N3O5S/c1-11-3-5-12(6-4-11)9-26-10-14(19-15(22)7-18)16(23)20-13(8-21)17(24)25-2/h3-6,13-14,21H,7-10,18H2,1-2H3,(H,19,22)(H,20,23)/t13-,14-/m0/s1. The van der Waals surface area contributed by atoms with Crippen LogP contribution in [-0.2, 0) is 24.9 Å². The van der Waals surface area contributed by atoms with E-state index in [1.807, 2.05) is 31.2 Å². The van der Waals surface area contributed by atoms with Crippen molar-refractivity contribution < 1.29 is 24.2 Å². The molecule has 2 amide bonds. The van der Waals surface area contributed by atoms with E-state index in [2.05, 4.69) is 15.4 Å². The fourth-order valence-electron chi connectivity index (χ4n) is 2.01. The molecule has 0 aromatic heterocycles. The molecule has 2 atom stereocenters. The first-order chi connectivity index (χ1) is 12.4. The largest absolute Gasteiger partial charge is 0.467 e. The minimum Gasteiger partial charge on any atom is -0.467 e. The van der Waals surface area contributed by atoms with Gasteiger partial charge in [-0.25, -0.2) is 4.79 Å². The molecule has 0 saturated carbocycles. The van der Waals surface area contributed by atoms with Crippen LogP contribution in [0.1, 0.15) is 11.1 Å². The lowest BCUT2D eigenvalue weighted by Gasteiger charge is -2.21. The number of nitrogens with two attached hydrogens (primary N) is 1. The number of rotatable bonds is 10. The number of aliphatic hydroxyl groups excluding tert-OH is 1. The summed E-state index contributed by atoms with van der Waals surface area (Å²) in [5.41, 5.74) is 7.53. The lowest BCUT2D eigenvalue weighted by atomic mass is 10.2. The van der Waals surface area contributed by atoms with E-state index in [1.54, 1.807) is 0 Å². The molecule has 144 valence electrons. The molecule has 1 aromatic rings. The minimum atomic E-state index is -1.19. The number of carbonyl (C=O) groups excluding carboxylic acids is 3. The molecule has 0 bridgehead atoms. The first-order valence-corrected chi connectivity index (χ1v) is 9.18. The molecule has 0 aliphatic heterocycles. The van der Waals surface area contributed by atoms with Crippen LogP contribution >= 0.6 is 11.8 Å². The zero-order chi connectivity index (χ0) is 19.5. The molecule has 1 rings (SSSR count). The Morgan fingerprint density at radius 1 is 1.19 bits per heavy atom. The molecule has 0 aliphatic carbocycles. The molecule has 9 heteroatoms. The van der Waals surface area contributed by atoms with Gasteiger partial charge in [-0.2, -0.15) is 11.8 Å². The van der Waals surface area contributed by atoms with E-state index in [1.165, 1.54) is 11.8 Å². The molecule has 0 fully saturated rings. The predicted octanol–water partition coefficient (Wildman–Crippen LogP) is -0.678. The van der Waals surface area contributed by atoms with Gasteiger partial charge in [0.15, 0.2) is 6.04 Å². The quantitative estimate of drug-likeness (QED) is 0.394. The third kappa shape index (κ3) is 7.42. The summed E-state index contributed by atoms with van der Waals surface area (Å²) in [6.07, 6.45) is 0. The fourth-order valence-corrected chi connectivity index (χ4v) is 3.03. The normalized spacial score (nSPS) is 12.8. The SMILES string of the molecule is COC(=O)[C@H](CO)NC(=O)[C@H](CSCc1ccc(C)cc1)NC(=O)CN. The molecule has 5 N–H and O–H groups in total. The number of benzene rings is 1. The van der Waals surface area contributed by atoms with Crippen LogP contribution in [0.3, 0.4) is 0 Å². The van der Waals surface area contributed by atoms with Crippen molar-refractivity contribution in [3.63, 3.8) is 0 Å². The van der Waals surface area contributed by atoms with Crippen molar-refractivity contribution in [3.05, 3.63) is 35.4 Å². The number of carbonyl (C=O) groups is 3. The number of methoxy groups -OCH3 is 1. The highest BCUT2D eigenvalue weighted by atomic mass is 32.2. The minimum absolute atomic E-state index is 0.257. The number of hydrogen-bond donors (Lipinski definition) is 4. The number of hydrogen-bond acceptors (Lipinski definition) is 7. The number of nitrogens with one attached hydrogen (secondary N) is 2. The molecule has 0 saturated heterocycles. The third-order valence-corrected chi connectivity index (χ3v) is 4.60. The summed E-state index contributed by atoms with van der Waals surface area (Å²) in [7, 11) is 1.16. The van der Waals surface area contributed by atoms with Crippen LogP contribution in [0.5, 0.6) is 0 Å². The van der Waals surface area contributed by atoms with Gasteiger partial charge in [-0.15, -0.1) is 0 Å². The Hall–Kier alpha value is -2.10. The summed E-state index contributed by atoms with van der Waals surface area (Å²) in [5, 5.41) is 14.1. The summed E-state index contributed by atoms with van der Waals surface area (Å²) >= 11 is 1.45. The highest BCUT2D eigenvalue weighted by Crippen LogP contribution is 2.14. The molecule has 8 nitrogen and oxygen atoms in total. The molecular formula is C17H25N3O5S. The summed E-state index contributed by atoms with van der Waals surface area (Å²) < 4.78 is 4.51. The van der Waals surface area contributed by atoms with E-state index >= 15 is 0 Å². The molecule has 1 aromatic carbocycles. The average Bonchev–Trinajstić information content (AvgIpc) is 2.65. The second-order valence-corrected chi connectivity index (χ2v) is 6.62. The van der Waals surface area contributed by atoms with E-state index in [9.17, 15) is 19.5 Å². The lowest BCUT2D eigenvalue weighted by Crippen LogP contribution is -2.54. The van der Waals surface area contributed by atoms with Crippen molar-refractivity contribution in [2.75, 3.05) is 26.0 Å². The molecular weight excluding hydrogens is 358 g/mol. The van der Waals surface area contributed by atoms with Gasteiger partial charge in [-0.3, -0.25) is 9.59 Å². The topological polar surface area (TPSA) is 131 Å². The van der Waals surface area contributed by atoms with Crippen LogP contribution in [-0.4, -0.2) is 61.0 Å². The molecule has 0 aliphatic rings. The Labute approximate surface area is 156 Å². The van der Waals surface area contributed by atoms with Crippen molar-refractivity contribution >= 4 is 29.5 Å². The predicted molar refractivity (Wildman–Crippen MR) is 99.4 cm³/mol. The average molecular weight is 383 g/mol. The van der Waals surface area contributed by atoms with Crippen LogP contribution in [0.15, 0.2) is 24.3 Å². The van der Waals surface area contributed by atoms with Gasteiger partial charge in [0.2, 0.25) is 11.8 Å². The molecule has 0 radical (unpaired) electrons. The molecule has 0 heterocycles. The van der Waals surface area contributed by atoms with Gasteiger partial charge in [0.05, 0.1) is 20.3 Å². The van der Waals surface area contributed by atoms with Crippen LogP contribution in [0.4, 0.5) is 0 Å². The van der Waals surface area contributed by atoms with E-state index in [-0.39, 0.29) is 12.3 Å². The Bertz CT molecular complexity index is 609. The van der Waals surface area contributed by atoms with Gasteiger partial charge in [0.25, 0.3) is 0 Å². The van der Waals surface area contributed by atoms with E-state index in [0.29, 0.717) is 5.75 Å². The van der Waals surface area contributed by atoms with Gasteiger partial charge >= 0.3 is 5.97 Å². The van der Waals surface area contributed by atoms with E-state index in [4.69, 9.17) is 5.73 Å². The third-order valence-electron chi connectivity index (χ3n) is 3.50. The monoisotopic (exact) mass is 383 g/mol. The summed E-state index contributed by atoms with van der Waals surface area (Å²) in [6.45, 7) is 1.14. The first-order valence-electron chi connectivity index (χ1n) is 8.03. The summed E-state index contributed by atoms with van der Waals surface area (Å²) in [4.78, 5) is 35.4. The van der Waals surface area contributed by atoms with Gasteiger partial charge < -0.3 is 26.2 Å². The van der Waals surface area contributed by atoms with Crippen LogP contribution in [0, 0.1) is 6.92 Å². The van der Waals surface area contributed by atoms with Crippen molar-refractivity contribution in [2.45, 2.75) is 24.8 Å². The smallest absolute Gasteiger partial charge is 0.330 e. The summed E-state index contributed by atoms with van der Waals surface area (Å²) in [5.74, 6) is -0.905. The fraction of sp³-hybridized carbons (Fsp3) is 0.471. The number of esters is 1. The first kappa shape index (κ1) is 21.9. The van der Waals surface area contributed by atoms with Gasteiger partial charge in [0.1, 0.15) is 6.04 Å². The maximum absolute atomic E-state index is 12.4. The van der Waals surface area contributed by atoms with Crippen LogP contribution in [0.2, 0.25) is 0 Å². The van der Waals surface area contributed by atoms with Gasteiger partial charge in [0, 0.05) is 11.5 Å². The number of aliphatic hydroxyl groups is 1. The Morgan fingerprint density at radius 2 is 1.85 bits per heavy atom. The van der Waals surface area contributed by atoms with E-state index < -0.39 is 36.5 Å². The maximum Gasteiger partial charge on any atom is 0.330 e. The maximum atomic E-state index is 12.4. The van der Waals surface area contributed by atoms with Crippen LogP contribution in [0.25, 0.3) is 0 Å². The Balaban J connectivity index is 2.67. The number of ether oxygens (including phenoxy) is 1. The van der Waals surface area contributed by atoms with Gasteiger partial charge in [-0.05, 0) is 12.5 Å². The Morgan fingerprint density at radius 3 is 2.38 bits per heavy atom. The second kappa shape index (κ2) is 11.5. The van der Waals surface area contributed by atoms with Crippen molar-refractivity contribution in [2.24, 2.45) is 5.73 Å². The highest BCUT2D eigenvalue weighted by Gasteiger charge is 2.26. The Kier molecular flexibility index (Phi) is 9.71. The zero-order valence-electron chi connectivity index (χ0n) is 14.9. The molecule has 26 heavy (non-hydrogen) atoms. The number of aryl methyl sites for hydroxylation is 1. The summed E-state index contributed by atoms with van der Waals surface area (Å²) in [6, 6.07) is 5.91. The van der Waals surface area contributed by atoms with Crippen LogP contribution < -0.4 is 16.4 Å². The van der Waals surface area contributed by atoms with Crippen molar-refractivity contribution in [1.82, 2.24) is 10.6 Å². The lowest BCUT2D eigenvalue weighted by molar-refractivity contribution is -0.146. The van der Waals surface area contributed by atoms with Gasteiger partial charge in [-0.1, -0.05) is 29.8 Å². The second-order valence-electron chi connectivity index (χ2n) is 5.59. The van der Waals surface area contributed by atoms with Crippen molar-refractivity contribution in [3.8, 4) is 0 Å². The zero-order valence-corrected chi connectivity index (χ0v) is 15.7. The van der Waals surface area contributed by atoms with E-state index in [0.717, 1.165) is 18.2 Å².